The minimum Gasteiger partial charge on any atom is -0.508 e. The highest BCUT2D eigenvalue weighted by molar-refractivity contribution is 5.86. The third-order valence-corrected chi connectivity index (χ3v) is 6.40. The number of carbonyl (C=O) groups is 1. The van der Waals surface area contributed by atoms with Crippen LogP contribution in [0, 0.1) is 5.92 Å². The molecular weight excluding hydrogens is 390 g/mol. The lowest BCUT2D eigenvalue weighted by Gasteiger charge is -2.31. The fraction of sp³-hybridized carbons (Fsp3) is 0.480. The summed E-state index contributed by atoms with van der Waals surface area (Å²) in [5.41, 5.74) is 8.41. The normalized spacial score (nSPS) is 25.1. The summed E-state index contributed by atoms with van der Waals surface area (Å²) in [5.74, 6) is 1.17. The molecule has 4 rings (SSSR count). The minimum atomic E-state index is -0.323. The number of phenolic OH excluding ortho intramolecular Hbond substituents is 1. The number of benzene rings is 2. The van der Waals surface area contributed by atoms with E-state index in [4.69, 9.17) is 4.74 Å². The van der Waals surface area contributed by atoms with Crippen LogP contribution in [-0.4, -0.2) is 35.1 Å². The van der Waals surface area contributed by atoms with Crippen LogP contribution in [0.1, 0.15) is 62.7 Å². The molecule has 2 aromatic carbocycles. The van der Waals surface area contributed by atoms with E-state index in [-0.39, 0.29) is 35.7 Å². The lowest BCUT2D eigenvalue weighted by Crippen LogP contribution is -2.41. The Hall–Kier alpha value is -2.57. The molecular formula is C25H33N3O3. The summed E-state index contributed by atoms with van der Waals surface area (Å²) in [4.78, 5) is 15.4. The second-order valence-corrected chi connectivity index (χ2v) is 8.48. The van der Waals surface area contributed by atoms with Gasteiger partial charge in [-0.3, -0.25) is 4.79 Å². The van der Waals surface area contributed by atoms with Crippen LogP contribution in [0.15, 0.2) is 48.5 Å². The molecule has 6 heteroatoms. The van der Waals surface area contributed by atoms with Gasteiger partial charge in [-0.2, -0.15) is 0 Å². The van der Waals surface area contributed by atoms with E-state index in [0.29, 0.717) is 6.61 Å². The van der Waals surface area contributed by atoms with Gasteiger partial charge in [0.05, 0.1) is 18.7 Å². The molecule has 31 heavy (non-hydrogen) atoms. The number of hydrogen-bond acceptors (Lipinski definition) is 5. The third-order valence-electron chi connectivity index (χ3n) is 6.40. The van der Waals surface area contributed by atoms with Gasteiger partial charge in [0.25, 0.3) is 0 Å². The number of fused-ring (bicyclic) bond motifs is 1. The number of nitrogens with one attached hydrogen (secondary N) is 2. The second kappa shape index (κ2) is 9.71. The number of para-hydroxylation sites is 1. The molecule has 6 nitrogen and oxygen atoms in total. The monoisotopic (exact) mass is 423 g/mol. The van der Waals surface area contributed by atoms with Crippen LogP contribution >= 0.6 is 0 Å². The van der Waals surface area contributed by atoms with Gasteiger partial charge in [-0.15, -0.1) is 0 Å². The predicted molar refractivity (Wildman–Crippen MR) is 121 cm³/mol. The van der Waals surface area contributed by atoms with E-state index >= 15 is 0 Å². The third kappa shape index (κ3) is 4.27. The van der Waals surface area contributed by atoms with E-state index in [0.717, 1.165) is 49.1 Å². The molecule has 2 heterocycles. The number of nitrogens with zero attached hydrogens (tertiary/aromatic N) is 1. The zero-order valence-corrected chi connectivity index (χ0v) is 18.4. The molecule has 4 atom stereocenters. The average molecular weight is 424 g/mol. The summed E-state index contributed by atoms with van der Waals surface area (Å²) < 4.78 is 5.96. The van der Waals surface area contributed by atoms with Crippen molar-refractivity contribution in [2.24, 2.45) is 5.92 Å². The number of likely N-dealkylation sites (tertiary alicyclic amines) is 1. The molecule has 0 aromatic heterocycles. The van der Waals surface area contributed by atoms with Gasteiger partial charge in [0.2, 0.25) is 5.91 Å². The Bertz CT molecular complexity index is 903. The fourth-order valence-electron chi connectivity index (χ4n) is 4.82. The number of unbranched alkanes of at least 4 members (excludes halogenated alkanes) is 2. The summed E-state index contributed by atoms with van der Waals surface area (Å²) >= 11 is 0. The van der Waals surface area contributed by atoms with Crippen molar-refractivity contribution in [1.29, 1.82) is 0 Å². The number of ether oxygens (including phenoxy) is 1. The van der Waals surface area contributed by atoms with Crippen LogP contribution < -0.4 is 15.6 Å². The first-order chi connectivity index (χ1) is 15.2. The SMILES string of the molecule is CCCCOc1cccc(C2C3C(NNC3c3ccccc3O)C(=O)N2CCCC)c1. The largest absolute Gasteiger partial charge is 0.508 e. The highest BCUT2D eigenvalue weighted by atomic mass is 16.5. The van der Waals surface area contributed by atoms with Crippen LogP contribution in [0.25, 0.3) is 0 Å². The number of rotatable bonds is 9. The van der Waals surface area contributed by atoms with Gasteiger partial charge in [0.1, 0.15) is 17.5 Å². The summed E-state index contributed by atoms with van der Waals surface area (Å²) in [5, 5.41) is 10.5. The average Bonchev–Trinajstić information content (AvgIpc) is 3.32. The molecule has 2 aliphatic rings. The van der Waals surface area contributed by atoms with Gasteiger partial charge in [-0.1, -0.05) is 57.0 Å². The molecule has 4 unspecified atom stereocenters. The first-order valence-corrected chi connectivity index (χ1v) is 11.5. The van der Waals surface area contributed by atoms with Gasteiger partial charge < -0.3 is 14.7 Å². The van der Waals surface area contributed by atoms with E-state index in [9.17, 15) is 9.90 Å². The number of hydrogen-bond donors (Lipinski definition) is 3. The molecule has 0 spiro atoms. The van der Waals surface area contributed by atoms with Crippen molar-refractivity contribution in [1.82, 2.24) is 15.8 Å². The number of hydrazine groups is 1. The van der Waals surface area contributed by atoms with Crippen LogP contribution in [0.2, 0.25) is 0 Å². The molecule has 0 radical (unpaired) electrons. The Morgan fingerprint density at radius 3 is 2.55 bits per heavy atom. The Kier molecular flexibility index (Phi) is 6.78. The molecule has 0 saturated carbocycles. The van der Waals surface area contributed by atoms with Crippen LogP contribution in [0.3, 0.4) is 0 Å². The van der Waals surface area contributed by atoms with E-state index in [2.05, 4.69) is 36.8 Å². The summed E-state index contributed by atoms with van der Waals surface area (Å²) in [6.07, 6.45) is 4.09. The lowest BCUT2D eigenvalue weighted by molar-refractivity contribution is -0.130. The molecule has 2 aromatic rings. The standard InChI is InChI=1S/C25H33N3O3/c1-3-5-14-28-24(17-10-9-11-18(16-17)31-15-6-4-2)21-22(26-27-23(21)25(28)30)19-12-7-8-13-20(19)29/h7-13,16,21-24,26-27,29H,3-6,14-15H2,1-2H3. The molecule has 166 valence electrons. The first-order valence-electron chi connectivity index (χ1n) is 11.5. The topological polar surface area (TPSA) is 73.8 Å². The van der Waals surface area contributed by atoms with Gasteiger partial charge in [-0.25, -0.2) is 10.9 Å². The van der Waals surface area contributed by atoms with Crippen molar-refractivity contribution in [2.75, 3.05) is 13.2 Å². The maximum atomic E-state index is 13.4. The zero-order valence-electron chi connectivity index (χ0n) is 18.4. The fourth-order valence-corrected chi connectivity index (χ4v) is 4.82. The number of amides is 1. The summed E-state index contributed by atoms with van der Waals surface area (Å²) in [6.45, 7) is 5.71. The van der Waals surface area contributed by atoms with Gasteiger partial charge in [0, 0.05) is 18.0 Å². The Morgan fingerprint density at radius 2 is 1.77 bits per heavy atom. The van der Waals surface area contributed by atoms with Crippen LogP contribution in [0.4, 0.5) is 0 Å². The second-order valence-electron chi connectivity index (χ2n) is 8.48. The predicted octanol–water partition coefficient (Wildman–Crippen LogP) is 4.09. The number of carbonyl (C=O) groups excluding carboxylic acids is 1. The van der Waals surface area contributed by atoms with Gasteiger partial charge in [-0.05, 0) is 36.6 Å². The van der Waals surface area contributed by atoms with Crippen molar-refractivity contribution in [3.05, 3.63) is 59.7 Å². The molecule has 2 saturated heterocycles. The maximum absolute atomic E-state index is 13.4. The zero-order chi connectivity index (χ0) is 21.8. The lowest BCUT2D eigenvalue weighted by atomic mass is 9.83. The molecule has 2 fully saturated rings. The smallest absolute Gasteiger partial charge is 0.242 e. The molecule has 3 N–H and O–H groups in total. The molecule has 0 aliphatic carbocycles. The maximum Gasteiger partial charge on any atom is 0.242 e. The highest BCUT2D eigenvalue weighted by Crippen LogP contribution is 2.48. The number of aromatic hydroxyl groups is 1. The van der Waals surface area contributed by atoms with Crippen molar-refractivity contribution >= 4 is 5.91 Å². The van der Waals surface area contributed by atoms with Gasteiger partial charge in [0.15, 0.2) is 0 Å². The minimum absolute atomic E-state index is 0.0384. The molecule has 1 amide bonds. The molecule has 2 aliphatic heterocycles. The van der Waals surface area contributed by atoms with E-state index in [1.165, 1.54) is 0 Å². The number of phenols is 1. The van der Waals surface area contributed by atoms with Crippen molar-refractivity contribution in [2.45, 2.75) is 57.7 Å². The Morgan fingerprint density at radius 1 is 1.00 bits per heavy atom. The highest BCUT2D eigenvalue weighted by Gasteiger charge is 2.55. The summed E-state index contributed by atoms with van der Waals surface area (Å²) in [6, 6.07) is 14.9. The van der Waals surface area contributed by atoms with Crippen molar-refractivity contribution in [3.8, 4) is 11.5 Å². The molecule has 0 bridgehead atoms. The van der Waals surface area contributed by atoms with Crippen molar-refractivity contribution < 1.29 is 14.6 Å². The quantitative estimate of drug-likeness (QED) is 0.530. The van der Waals surface area contributed by atoms with Gasteiger partial charge >= 0.3 is 0 Å². The van der Waals surface area contributed by atoms with E-state index in [1.807, 2.05) is 35.2 Å². The van der Waals surface area contributed by atoms with E-state index < -0.39 is 0 Å². The Labute approximate surface area is 184 Å². The first kappa shape index (κ1) is 21.7. The van der Waals surface area contributed by atoms with Crippen LogP contribution in [0.5, 0.6) is 11.5 Å². The van der Waals surface area contributed by atoms with Crippen LogP contribution in [-0.2, 0) is 4.79 Å². The Balaban J connectivity index is 1.70. The van der Waals surface area contributed by atoms with Crippen molar-refractivity contribution in [3.63, 3.8) is 0 Å². The van der Waals surface area contributed by atoms with E-state index in [1.54, 1.807) is 6.07 Å². The summed E-state index contributed by atoms with van der Waals surface area (Å²) in [7, 11) is 0.